The summed E-state index contributed by atoms with van der Waals surface area (Å²) in [7, 11) is 0. The lowest BCUT2D eigenvalue weighted by atomic mass is 10.1. The van der Waals surface area contributed by atoms with Crippen LogP contribution in [-0.4, -0.2) is 11.9 Å². The van der Waals surface area contributed by atoms with Gasteiger partial charge in [0.05, 0.1) is 0 Å². The van der Waals surface area contributed by atoms with E-state index in [9.17, 15) is 4.79 Å². The largest absolute Gasteiger partial charge is 0.349 e. The van der Waals surface area contributed by atoms with Gasteiger partial charge in [0.25, 0.3) is 5.91 Å². The Balaban J connectivity index is 2.00. The summed E-state index contributed by atoms with van der Waals surface area (Å²) in [4.78, 5) is 12.1. The number of rotatable bonds is 4. The molecule has 0 aliphatic heterocycles. The van der Waals surface area contributed by atoms with Crippen molar-refractivity contribution in [3.8, 4) is 0 Å². The van der Waals surface area contributed by atoms with E-state index < -0.39 is 0 Å². The van der Waals surface area contributed by atoms with Crippen LogP contribution < -0.4 is 5.32 Å². The first-order chi connectivity index (χ1) is 9.04. The SMILES string of the molecule is CC(Cc1ccsc1)NC(=O)c1cc(Cl)cc(Br)c1. The van der Waals surface area contributed by atoms with Crippen molar-refractivity contribution in [1.82, 2.24) is 5.32 Å². The number of carbonyl (C=O) groups is 1. The summed E-state index contributed by atoms with van der Waals surface area (Å²) in [6.45, 7) is 2.00. The lowest BCUT2D eigenvalue weighted by molar-refractivity contribution is 0.0940. The highest BCUT2D eigenvalue weighted by Gasteiger charge is 2.11. The van der Waals surface area contributed by atoms with Crippen molar-refractivity contribution in [3.05, 3.63) is 55.6 Å². The van der Waals surface area contributed by atoms with Crippen LogP contribution in [0.2, 0.25) is 5.02 Å². The molecule has 1 aromatic heterocycles. The quantitative estimate of drug-likeness (QED) is 0.855. The molecule has 0 saturated carbocycles. The number of nitrogens with one attached hydrogen (secondary N) is 1. The average Bonchev–Trinajstić information content (AvgIpc) is 2.80. The van der Waals surface area contributed by atoms with Crippen molar-refractivity contribution >= 4 is 44.8 Å². The van der Waals surface area contributed by atoms with E-state index in [4.69, 9.17) is 11.6 Å². The standard InChI is InChI=1S/C14H13BrClNOS/c1-9(4-10-2-3-19-8-10)17-14(18)11-5-12(15)7-13(16)6-11/h2-3,5-9H,4H2,1H3,(H,17,18). The molecule has 2 rings (SSSR count). The van der Waals surface area contributed by atoms with Crippen LogP contribution in [0.3, 0.4) is 0 Å². The van der Waals surface area contributed by atoms with Crippen LogP contribution in [0.15, 0.2) is 39.5 Å². The first-order valence-electron chi connectivity index (χ1n) is 5.82. The minimum atomic E-state index is -0.106. The van der Waals surface area contributed by atoms with Gasteiger partial charge in [-0.1, -0.05) is 27.5 Å². The van der Waals surface area contributed by atoms with E-state index in [1.807, 2.05) is 12.3 Å². The van der Waals surface area contributed by atoms with Crippen molar-refractivity contribution in [2.75, 3.05) is 0 Å². The molecule has 1 unspecified atom stereocenters. The Hall–Kier alpha value is -0.840. The molecule has 2 aromatic rings. The average molecular weight is 359 g/mol. The Morgan fingerprint density at radius 2 is 2.26 bits per heavy atom. The van der Waals surface area contributed by atoms with Crippen molar-refractivity contribution < 1.29 is 4.79 Å². The van der Waals surface area contributed by atoms with Gasteiger partial charge >= 0.3 is 0 Å². The molecule has 1 amide bonds. The molecular weight excluding hydrogens is 346 g/mol. The Labute approximate surface area is 129 Å². The fourth-order valence-corrected chi connectivity index (χ4v) is 3.35. The van der Waals surface area contributed by atoms with Gasteiger partial charge in [0.2, 0.25) is 0 Å². The second-order valence-corrected chi connectivity index (χ2v) is 6.50. The molecule has 0 spiro atoms. The highest BCUT2D eigenvalue weighted by Crippen LogP contribution is 2.19. The minimum Gasteiger partial charge on any atom is -0.349 e. The summed E-state index contributed by atoms with van der Waals surface area (Å²) in [5.41, 5.74) is 1.81. The normalized spacial score (nSPS) is 12.2. The van der Waals surface area contributed by atoms with E-state index in [1.165, 1.54) is 5.56 Å². The van der Waals surface area contributed by atoms with Crippen molar-refractivity contribution in [2.45, 2.75) is 19.4 Å². The molecular formula is C14H13BrClNOS. The third-order valence-corrected chi connectivity index (χ3v) is 4.03. The smallest absolute Gasteiger partial charge is 0.251 e. The van der Waals surface area contributed by atoms with Gasteiger partial charge in [-0.2, -0.15) is 11.3 Å². The summed E-state index contributed by atoms with van der Waals surface area (Å²) in [6.07, 6.45) is 0.830. The summed E-state index contributed by atoms with van der Waals surface area (Å²) in [6, 6.07) is 7.34. The monoisotopic (exact) mass is 357 g/mol. The highest BCUT2D eigenvalue weighted by molar-refractivity contribution is 9.10. The molecule has 0 bridgehead atoms. The van der Waals surface area contributed by atoms with Crippen molar-refractivity contribution in [3.63, 3.8) is 0 Å². The van der Waals surface area contributed by atoms with Gasteiger partial charge in [-0.05, 0) is 53.9 Å². The number of benzene rings is 1. The van der Waals surface area contributed by atoms with Crippen LogP contribution in [0.5, 0.6) is 0 Å². The molecule has 0 radical (unpaired) electrons. The highest BCUT2D eigenvalue weighted by atomic mass is 79.9. The maximum atomic E-state index is 12.1. The zero-order valence-electron chi connectivity index (χ0n) is 10.3. The number of hydrogen-bond donors (Lipinski definition) is 1. The Bertz CT molecular complexity index is 551. The first kappa shape index (κ1) is 14.6. The zero-order chi connectivity index (χ0) is 13.8. The molecule has 1 N–H and O–H groups in total. The molecule has 1 aromatic carbocycles. The van der Waals surface area contributed by atoms with Crippen LogP contribution in [0.1, 0.15) is 22.8 Å². The lowest BCUT2D eigenvalue weighted by Crippen LogP contribution is -2.34. The van der Waals surface area contributed by atoms with Gasteiger partial charge in [0.1, 0.15) is 0 Å². The van der Waals surface area contributed by atoms with E-state index >= 15 is 0 Å². The predicted octanol–water partition coefficient (Wildman–Crippen LogP) is 4.53. The predicted molar refractivity (Wildman–Crippen MR) is 84.1 cm³/mol. The van der Waals surface area contributed by atoms with Gasteiger partial charge in [0, 0.05) is 21.1 Å². The van der Waals surface area contributed by atoms with Gasteiger partial charge in [-0.15, -0.1) is 0 Å². The third-order valence-electron chi connectivity index (χ3n) is 2.62. The van der Waals surface area contributed by atoms with Gasteiger partial charge < -0.3 is 5.32 Å². The number of halogens is 2. The molecule has 1 atom stereocenters. The van der Waals surface area contributed by atoms with Crippen molar-refractivity contribution in [1.29, 1.82) is 0 Å². The molecule has 19 heavy (non-hydrogen) atoms. The summed E-state index contributed by atoms with van der Waals surface area (Å²) in [5.74, 6) is -0.106. The number of thiophene rings is 1. The summed E-state index contributed by atoms with van der Waals surface area (Å²) < 4.78 is 0.802. The van der Waals surface area contributed by atoms with Crippen LogP contribution >= 0.6 is 38.9 Å². The molecule has 2 nitrogen and oxygen atoms in total. The van der Waals surface area contributed by atoms with E-state index in [0.29, 0.717) is 10.6 Å². The molecule has 1 heterocycles. The molecule has 0 aliphatic carbocycles. The second-order valence-electron chi connectivity index (χ2n) is 4.37. The van der Waals surface area contributed by atoms with Crippen LogP contribution in [0.25, 0.3) is 0 Å². The minimum absolute atomic E-state index is 0.0832. The van der Waals surface area contributed by atoms with E-state index in [-0.39, 0.29) is 11.9 Å². The van der Waals surface area contributed by atoms with E-state index in [1.54, 1.807) is 29.5 Å². The lowest BCUT2D eigenvalue weighted by Gasteiger charge is -2.13. The van der Waals surface area contributed by atoms with Gasteiger partial charge in [0.15, 0.2) is 0 Å². The molecule has 0 fully saturated rings. The molecule has 100 valence electrons. The maximum Gasteiger partial charge on any atom is 0.251 e. The first-order valence-corrected chi connectivity index (χ1v) is 7.94. The Kier molecular flexibility index (Phi) is 5.02. The van der Waals surface area contributed by atoms with Gasteiger partial charge in [-0.3, -0.25) is 4.79 Å². The van der Waals surface area contributed by atoms with Crippen LogP contribution in [-0.2, 0) is 6.42 Å². The fourth-order valence-electron chi connectivity index (χ4n) is 1.81. The number of carbonyl (C=O) groups excluding carboxylic acids is 1. The number of hydrogen-bond acceptors (Lipinski definition) is 2. The van der Waals surface area contributed by atoms with Gasteiger partial charge in [-0.25, -0.2) is 0 Å². The van der Waals surface area contributed by atoms with E-state index in [0.717, 1.165) is 10.9 Å². The Morgan fingerprint density at radius 1 is 1.47 bits per heavy atom. The van der Waals surface area contributed by atoms with Crippen molar-refractivity contribution in [2.24, 2.45) is 0 Å². The zero-order valence-corrected chi connectivity index (χ0v) is 13.5. The Morgan fingerprint density at radius 3 is 2.89 bits per heavy atom. The molecule has 0 aliphatic rings. The number of amides is 1. The van der Waals surface area contributed by atoms with E-state index in [2.05, 4.69) is 32.7 Å². The maximum absolute atomic E-state index is 12.1. The molecule has 5 heteroatoms. The molecule has 0 saturated heterocycles. The summed E-state index contributed by atoms with van der Waals surface area (Å²) in [5, 5.41) is 7.66. The second kappa shape index (κ2) is 6.55. The third kappa shape index (κ3) is 4.34. The van der Waals surface area contributed by atoms with Crippen LogP contribution in [0, 0.1) is 0 Å². The topological polar surface area (TPSA) is 29.1 Å². The fraction of sp³-hybridized carbons (Fsp3) is 0.214. The van der Waals surface area contributed by atoms with Crippen LogP contribution in [0.4, 0.5) is 0 Å². The summed E-state index contributed by atoms with van der Waals surface area (Å²) >= 11 is 10.9.